The van der Waals surface area contributed by atoms with Gasteiger partial charge in [-0.25, -0.2) is 9.78 Å². The summed E-state index contributed by atoms with van der Waals surface area (Å²) in [7, 11) is 0. The lowest BCUT2D eigenvalue weighted by Crippen LogP contribution is -2.29. The van der Waals surface area contributed by atoms with Crippen LogP contribution in [0.5, 0.6) is 0 Å². The van der Waals surface area contributed by atoms with E-state index in [0.717, 1.165) is 6.42 Å². The van der Waals surface area contributed by atoms with Crippen molar-refractivity contribution >= 4 is 22.8 Å². The molecular weight excluding hydrogens is 321 g/mol. The van der Waals surface area contributed by atoms with Gasteiger partial charge in [0.15, 0.2) is 0 Å². The average Bonchev–Trinajstić information content (AvgIpc) is 3.18. The zero-order valence-corrected chi connectivity index (χ0v) is 13.5. The molecule has 1 unspecified atom stereocenters. The number of alkyl halides is 3. The van der Waals surface area contributed by atoms with Gasteiger partial charge in [0, 0.05) is 13.1 Å². The maximum atomic E-state index is 12.8. The minimum absolute atomic E-state index is 0.0734. The fourth-order valence-corrected chi connectivity index (χ4v) is 2.66. The van der Waals surface area contributed by atoms with E-state index in [1.54, 1.807) is 18.2 Å². The minimum Gasteiger partial charge on any atom is -0.354 e. The highest BCUT2D eigenvalue weighted by Gasteiger charge is 2.55. The molecule has 0 radical (unpaired) electrons. The topological polar surface area (TPSA) is 49.9 Å². The molecule has 0 spiro atoms. The number of amides is 1. The van der Waals surface area contributed by atoms with Gasteiger partial charge in [-0.1, -0.05) is 19.9 Å². The van der Waals surface area contributed by atoms with Crippen LogP contribution < -0.4 is 10.2 Å². The van der Waals surface area contributed by atoms with Crippen molar-refractivity contribution in [1.29, 1.82) is 0 Å². The van der Waals surface area contributed by atoms with Gasteiger partial charge in [0.2, 0.25) is 0 Å². The molecule has 130 valence electrons. The molecule has 5 nitrogen and oxygen atoms in total. The van der Waals surface area contributed by atoms with Gasteiger partial charge < -0.3 is 10.2 Å². The molecule has 1 saturated heterocycles. The fourth-order valence-electron chi connectivity index (χ4n) is 2.66. The second kappa shape index (κ2) is 5.99. The minimum atomic E-state index is -4.25. The number of aromatic nitrogens is 2. The molecule has 1 aliphatic heterocycles. The largest absolute Gasteiger partial charge is 0.410 e. The van der Waals surface area contributed by atoms with Crippen molar-refractivity contribution in [2.24, 2.45) is 5.92 Å². The highest BCUT2D eigenvalue weighted by molar-refractivity contribution is 5.96. The van der Waals surface area contributed by atoms with E-state index >= 15 is 0 Å². The highest BCUT2D eigenvalue weighted by Crippen LogP contribution is 2.41. The van der Waals surface area contributed by atoms with Crippen LogP contribution in [0.1, 0.15) is 20.3 Å². The molecule has 24 heavy (non-hydrogen) atoms. The second-order valence-electron chi connectivity index (χ2n) is 6.38. The van der Waals surface area contributed by atoms with E-state index in [-0.39, 0.29) is 12.6 Å². The summed E-state index contributed by atoms with van der Waals surface area (Å²) in [6.45, 7) is 4.59. The summed E-state index contributed by atoms with van der Waals surface area (Å²) >= 11 is 0. The Balaban J connectivity index is 1.81. The number of rotatable bonds is 4. The maximum Gasteiger partial charge on any atom is 0.410 e. The summed E-state index contributed by atoms with van der Waals surface area (Å²) in [5.74, 6) is 0.471. The first-order chi connectivity index (χ1) is 11.3. The first-order valence-corrected chi connectivity index (χ1v) is 7.86. The Morgan fingerprint density at radius 2 is 2.17 bits per heavy atom. The first kappa shape index (κ1) is 16.6. The van der Waals surface area contributed by atoms with Crippen molar-refractivity contribution < 1.29 is 18.0 Å². The Morgan fingerprint density at radius 1 is 1.42 bits per heavy atom. The Morgan fingerprint density at radius 3 is 2.79 bits per heavy atom. The van der Waals surface area contributed by atoms with Crippen LogP contribution in [0.2, 0.25) is 0 Å². The van der Waals surface area contributed by atoms with Crippen LogP contribution in [0.25, 0.3) is 11.0 Å². The quantitative estimate of drug-likeness (QED) is 0.868. The lowest BCUT2D eigenvalue weighted by atomic mass is 10.1. The van der Waals surface area contributed by atoms with Gasteiger partial charge in [-0.3, -0.25) is 4.57 Å². The highest BCUT2D eigenvalue weighted by atomic mass is 19.4. The summed E-state index contributed by atoms with van der Waals surface area (Å²) < 4.78 is 39.7. The first-order valence-electron chi connectivity index (χ1n) is 7.86. The van der Waals surface area contributed by atoms with Crippen molar-refractivity contribution in [1.82, 2.24) is 14.9 Å². The van der Waals surface area contributed by atoms with Gasteiger partial charge in [0.1, 0.15) is 17.9 Å². The fraction of sp³-hybridized carbons (Fsp3) is 0.500. The third-order valence-electron chi connectivity index (χ3n) is 4.07. The number of carbonyl (C=O) groups is 1. The van der Waals surface area contributed by atoms with E-state index < -0.39 is 12.2 Å². The van der Waals surface area contributed by atoms with Crippen LogP contribution in [0.15, 0.2) is 24.5 Å². The van der Waals surface area contributed by atoms with E-state index in [9.17, 15) is 18.0 Å². The number of nitrogens with one attached hydrogen (secondary N) is 1. The number of hydrogen-bond donors (Lipinski definition) is 1. The van der Waals surface area contributed by atoms with E-state index in [0.29, 0.717) is 29.2 Å². The molecule has 1 fully saturated rings. The third kappa shape index (κ3) is 3.18. The van der Waals surface area contributed by atoms with Crippen LogP contribution >= 0.6 is 0 Å². The van der Waals surface area contributed by atoms with Gasteiger partial charge in [-0.05, 0) is 24.5 Å². The van der Waals surface area contributed by atoms with Crippen molar-refractivity contribution in [3.8, 4) is 0 Å². The van der Waals surface area contributed by atoms with E-state index in [1.807, 2.05) is 0 Å². The molecule has 2 aromatic rings. The number of carbonyl (C=O) groups excluding carboxylic acids is 1. The van der Waals surface area contributed by atoms with Gasteiger partial charge >= 0.3 is 12.2 Å². The van der Waals surface area contributed by atoms with Crippen molar-refractivity contribution in [3.63, 3.8) is 0 Å². The maximum absolute atomic E-state index is 12.8. The number of imidazole rings is 1. The van der Waals surface area contributed by atoms with E-state index in [2.05, 4.69) is 24.1 Å². The van der Waals surface area contributed by atoms with Gasteiger partial charge in [0.05, 0.1) is 11.2 Å². The molecule has 1 atom stereocenters. The molecule has 1 aliphatic rings. The van der Waals surface area contributed by atoms with Gasteiger partial charge in [0.25, 0.3) is 0 Å². The van der Waals surface area contributed by atoms with Crippen molar-refractivity contribution in [3.05, 3.63) is 24.5 Å². The van der Waals surface area contributed by atoms with Crippen LogP contribution in [0.3, 0.4) is 0 Å². The smallest absolute Gasteiger partial charge is 0.354 e. The Labute approximate surface area is 137 Å². The SMILES string of the molecule is CC(C)CCNC(=O)n1cnc2c(N3CC3C(F)(F)F)cccc21. The number of para-hydroxylation sites is 1. The molecule has 1 N–H and O–H groups in total. The standard InChI is InChI=1S/C16H19F3N4O/c1-10(2)6-7-20-15(24)23-9-21-14-11(4-3-5-12(14)23)22-8-13(22)16(17,18)19/h3-5,9-10,13H,6-8H2,1-2H3,(H,20,24). The Hall–Kier alpha value is -2.25. The summed E-state index contributed by atoms with van der Waals surface area (Å²) in [5.41, 5.74) is 1.31. The normalized spacial score (nSPS) is 17.6. The molecule has 0 aliphatic carbocycles. The molecule has 0 bridgehead atoms. The van der Waals surface area contributed by atoms with Gasteiger partial charge in [-0.2, -0.15) is 13.2 Å². The summed E-state index contributed by atoms with van der Waals surface area (Å²) in [6, 6.07) is 3.13. The third-order valence-corrected chi connectivity index (χ3v) is 4.07. The number of benzene rings is 1. The lowest BCUT2D eigenvalue weighted by Gasteiger charge is -2.10. The molecule has 1 aromatic carbocycles. The second-order valence-corrected chi connectivity index (χ2v) is 6.38. The predicted octanol–water partition coefficient (Wildman–Crippen LogP) is 3.39. The number of nitrogens with zero attached hydrogens (tertiary/aromatic N) is 3. The lowest BCUT2D eigenvalue weighted by molar-refractivity contribution is -0.125. The molecule has 0 saturated carbocycles. The van der Waals surface area contributed by atoms with E-state index in [4.69, 9.17) is 0 Å². The molecule has 1 aromatic heterocycles. The summed E-state index contributed by atoms with van der Waals surface area (Å²) in [5, 5.41) is 2.80. The van der Waals surface area contributed by atoms with Crippen LogP contribution in [0.4, 0.5) is 23.7 Å². The molecule has 2 heterocycles. The number of hydrogen-bond acceptors (Lipinski definition) is 3. The molecule has 3 rings (SSSR count). The average molecular weight is 340 g/mol. The number of halogens is 3. The van der Waals surface area contributed by atoms with Crippen LogP contribution in [0, 0.1) is 5.92 Å². The Bertz CT molecular complexity index is 753. The zero-order valence-electron chi connectivity index (χ0n) is 13.5. The van der Waals surface area contributed by atoms with Crippen molar-refractivity contribution in [2.45, 2.75) is 32.5 Å². The van der Waals surface area contributed by atoms with Gasteiger partial charge in [-0.15, -0.1) is 0 Å². The van der Waals surface area contributed by atoms with E-state index in [1.165, 1.54) is 15.8 Å². The molecule has 8 heteroatoms. The summed E-state index contributed by atoms with van der Waals surface area (Å²) in [6.07, 6.45) is -2.05. The molecule has 1 amide bonds. The number of anilines is 1. The summed E-state index contributed by atoms with van der Waals surface area (Å²) in [4.78, 5) is 17.6. The van der Waals surface area contributed by atoms with Crippen LogP contribution in [-0.2, 0) is 0 Å². The zero-order chi connectivity index (χ0) is 17.5. The number of fused-ring (bicyclic) bond motifs is 1. The predicted molar refractivity (Wildman–Crippen MR) is 85.2 cm³/mol. The Kier molecular flexibility index (Phi) is 4.15. The monoisotopic (exact) mass is 340 g/mol. The molecular formula is C16H19F3N4O. The van der Waals surface area contributed by atoms with Crippen molar-refractivity contribution in [2.75, 3.05) is 18.0 Å². The van der Waals surface area contributed by atoms with Crippen LogP contribution in [-0.4, -0.2) is 40.9 Å².